The van der Waals surface area contributed by atoms with Crippen LogP contribution in [0.5, 0.6) is 0 Å². The van der Waals surface area contributed by atoms with E-state index in [1.54, 1.807) is 27.7 Å². The van der Waals surface area contributed by atoms with E-state index in [-0.39, 0.29) is 44.2 Å². The Hall–Kier alpha value is -1.91. The van der Waals surface area contributed by atoms with Crippen molar-refractivity contribution < 1.29 is 58.8 Å². The van der Waals surface area contributed by atoms with E-state index < -0.39 is 107 Å². The molecule has 0 aromatic heterocycles. The van der Waals surface area contributed by atoms with Gasteiger partial charge < -0.3 is 49.2 Å². The molecule has 0 aromatic carbocycles. The van der Waals surface area contributed by atoms with Crippen LogP contribution in [0.2, 0.25) is 0 Å². The maximum absolute atomic E-state index is 14.2. The number of azide groups is 1. The fourth-order valence-electron chi connectivity index (χ4n) is 8.44. The lowest BCUT2D eigenvalue weighted by molar-refractivity contribution is -0.312. The Morgan fingerprint density at radius 1 is 0.904 bits per heavy atom. The maximum Gasteiger partial charge on any atom is 0.311 e. The summed E-state index contributed by atoms with van der Waals surface area (Å²) in [6, 6.07) is 0. The number of ether oxygens (including phenoxy) is 5. The van der Waals surface area contributed by atoms with Crippen LogP contribution < -0.4 is 0 Å². The highest BCUT2D eigenvalue weighted by molar-refractivity contribution is 5.83. The predicted molar refractivity (Wildman–Crippen MR) is 189 cm³/mol. The molecule has 3 saturated heterocycles. The van der Waals surface area contributed by atoms with Gasteiger partial charge in [-0.2, -0.15) is 0 Å². The van der Waals surface area contributed by atoms with Crippen LogP contribution in [0, 0.1) is 35.0 Å². The highest BCUT2D eigenvalue weighted by atomic mass is 16.7. The van der Waals surface area contributed by atoms with E-state index in [1.807, 2.05) is 27.7 Å². The average molecular weight is 744 g/mol. The quantitative estimate of drug-likeness (QED) is 0.0786. The molecule has 0 amide bonds. The Balaban J connectivity index is 2.17. The Morgan fingerprint density at radius 3 is 2.13 bits per heavy atom. The molecule has 3 rings (SSSR count). The fraction of sp³-hybridized carbons (Fsp3) is 0.946. The summed E-state index contributed by atoms with van der Waals surface area (Å²) in [6.45, 7) is 18.5. The lowest BCUT2D eigenvalue weighted by Crippen LogP contribution is -2.59. The number of nitrogens with zero attached hydrogens (tertiary/aromatic N) is 3. The number of hydrogen-bond donors (Lipinski definition) is 5. The van der Waals surface area contributed by atoms with Crippen LogP contribution in [-0.2, 0) is 33.3 Å². The molecule has 3 aliphatic rings. The Morgan fingerprint density at radius 2 is 1.54 bits per heavy atom. The number of carbonyl (C=O) groups excluding carboxylic acids is 2. The van der Waals surface area contributed by atoms with E-state index in [4.69, 9.17) is 29.2 Å². The minimum atomic E-state index is -2.11. The van der Waals surface area contributed by atoms with Crippen LogP contribution >= 0.6 is 0 Å². The van der Waals surface area contributed by atoms with Gasteiger partial charge in [0.05, 0.1) is 48.1 Å². The van der Waals surface area contributed by atoms with Gasteiger partial charge >= 0.3 is 5.97 Å². The van der Waals surface area contributed by atoms with Crippen LogP contribution in [0.3, 0.4) is 0 Å². The first-order valence-electron chi connectivity index (χ1n) is 18.8. The molecular formula is C37H65N3O12. The summed E-state index contributed by atoms with van der Waals surface area (Å²) in [5.41, 5.74) is 4.27. The minimum absolute atomic E-state index is 0.00212. The summed E-state index contributed by atoms with van der Waals surface area (Å²) in [5, 5.41) is 61.1. The molecule has 0 saturated carbocycles. The zero-order chi connectivity index (χ0) is 39.5. The molecular weight excluding hydrogens is 678 g/mol. The summed E-state index contributed by atoms with van der Waals surface area (Å²) in [5.74, 6) is -5.36. The number of esters is 1. The molecule has 0 aliphatic carbocycles. The number of aliphatic hydroxyl groups excluding tert-OH is 3. The number of hydrogen-bond acceptors (Lipinski definition) is 13. The number of aliphatic hydroxyl groups is 5. The van der Waals surface area contributed by atoms with Crippen molar-refractivity contribution >= 4 is 11.8 Å². The minimum Gasteiger partial charge on any atom is -0.459 e. The first-order chi connectivity index (χ1) is 24.0. The fourth-order valence-corrected chi connectivity index (χ4v) is 8.44. The van der Waals surface area contributed by atoms with Gasteiger partial charge in [0.1, 0.15) is 23.6 Å². The van der Waals surface area contributed by atoms with E-state index in [1.165, 1.54) is 20.8 Å². The summed E-state index contributed by atoms with van der Waals surface area (Å²) >= 11 is 0. The lowest BCUT2D eigenvalue weighted by Gasteiger charge is -2.48. The summed E-state index contributed by atoms with van der Waals surface area (Å²) in [7, 11) is 0. The van der Waals surface area contributed by atoms with E-state index in [9.17, 15) is 35.1 Å². The summed E-state index contributed by atoms with van der Waals surface area (Å²) < 4.78 is 31.3. The van der Waals surface area contributed by atoms with E-state index in [0.717, 1.165) is 0 Å². The zero-order valence-corrected chi connectivity index (χ0v) is 32.8. The van der Waals surface area contributed by atoms with Crippen molar-refractivity contribution in [2.75, 3.05) is 6.54 Å². The van der Waals surface area contributed by atoms with Crippen molar-refractivity contribution in [3.05, 3.63) is 10.4 Å². The van der Waals surface area contributed by atoms with Crippen molar-refractivity contribution in [2.45, 2.75) is 181 Å². The monoisotopic (exact) mass is 743 g/mol. The second-order valence-electron chi connectivity index (χ2n) is 17.1. The van der Waals surface area contributed by atoms with Gasteiger partial charge in [-0.05, 0) is 77.2 Å². The number of cyclic esters (lactones) is 1. The van der Waals surface area contributed by atoms with Gasteiger partial charge in [-0.25, -0.2) is 0 Å². The van der Waals surface area contributed by atoms with Gasteiger partial charge in [-0.15, -0.1) is 0 Å². The Labute approximate surface area is 308 Å². The molecule has 5 N–H and O–H groups in total. The highest BCUT2D eigenvalue weighted by Crippen LogP contribution is 2.42. The van der Waals surface area contributed by atoms with Crippen molar-refractivity contribution in [2.24, 2.45) is 40.1 Å². The first-order valence-corrected chi connectivity index (χ1v) is 18.8. The van der Waals surface area contributed by atoms with E-state index in [0.29, 0.717) is 6.42 Å². The van der Waals surface area contributed by atoms with Crippen molar-refractivity contribution in [3.63, 3.8) is 0 Å². The van der Waals surface area contributed by atoms with Gasteiger partial charge in [0.15, 0.2) is 12.6 Å². The topological polar surface area (TPSA) is 230 Å². The van der Waals surface area contributed by atoms with Crippen LogP contribution in [-0.4, -0.2) is 116 Å². The van der Waals surface area contributed by atoms with Gasteiger partial charge in [0.25, 0.3) is 0 Å². The predicted octanol–water partition coefficient (Wildman–Crippen LogP) is 3.79. The molecule has 17 atom stereocenters. The molecule has 15 heteroatoms. The SMILES string of the molecule is CC1CC(C)C(O)C(O[C@@H]2[C@@H](C)[C@H](OC3CC(C)(C)C(O)C(C)O3)[C@@H](C)C(=O)O[C@H](CCCN=[N+]=[N-])[C@@](C)(O)[C@H](O)[C@@H](C)C(=O)[C@H](C)C[C@@]2(C)O)O1. The lowest BCUT2D eigenvalue weighted by atomic mass is 9.73. The smallest absolute Gasteiger partial charge is 0.311 e. The molecule has 3 heterocycles. The molecule has 52 heavy (non-hydrogen) atoms. The summed E-state index contributed by atoms with van der Waals surface area (Å²) in [4.78, 5) is 30.8. The van der Waals surface area contributed by atoms with Gasteiger partial charge in [-0.3, -0.25) is 9.59 Å². The van der Waals surface area contributed by atoms with Crippen molar-refractivity contribution in [1.82, 2.24) is 0 Å². The van der Waals surface area contributed by atoms with Gasteiger partial charge in [0, 0.05) is 35.6 Å². The highest BCUT2D eigenvalue weighted by Gasteiger charge is 2.53. The van der Waals surface area contributed by atoms with Gasteiger partial charge in [0.2, 0.25) is 0 Å². The molecule has 3 aliphatic heterocycles. The van der Waals surface area contributed by atoms with E-state index in [2.05, 4.69) is 10.0 Å². The van der Waals surface area contributed by atoms with E-state index >= 15 is 0 Å². The van der Waals surface area contributed by atoms with Crippen LogP contribution in [0.15, 0.2) is 5.11 Å². The number of ketones is 1. The van der Waals surface area contributed by atoms with Crippen molar-refractivity contribution in [1.29, 1.82) is 0 Å². The molecule has 0 bridgehead atoms. The maximum atomic E-state index is 14.2. The average Bonchev–Trinajstić information content (AvgIpc) is 3.05. The number of carbonyl (C=O) groups is 2. The van der Waals surface area contributed by atoms with Crippen LogP contribution in [0.4, 0.5) is 0 Å². The standard InChI is InChI=1S/C37H65N3O12/c1-18-15-20(3)48-34(28(18)42)52-32-22(5)29(51-26-17-35(8,9)31(44)24(7)49-26)23(6)33(45)50-25(13-12-14-39-40-38)37(11,47)30(43)21(4)27(41)19(2)16-36(32,10)46/h18-26,28-32,34,42-44,46-47H,12-17H2,1-11H3/t18?,19-,20?,21+,22+,23-,24?,25-,26?,28?,29+,30-,31?,32-,34?,36-,37-/m1/s1. The molecule has 15 nitrogen and oxygen atoms in total. The largest absolute Gasteiger partial charge is 0.459 e. The Kier molecular flexibility index (Phi) is 15.1. The second-order valence-corrected chi connectivity index (χ2v) is 17.1. The third kappa shape index (κ3) is 10.2. The van der Waals surface area contributed by atoms with Crippen molar-refractivity contribution in [3.8, 4) is 0 Å². The zero-order valence-electron chi connectivity index (χ0n) is 32.8. The molecule has 300 valence electrons. The molecule has 0 spiro atoms. The molecule has 0 radical (unpaired) electrons. The molecule has 7 unspecified atom stereocenters. The van der Waals surface area contributed by atoms with Gasteiger partial charge in [-0.1, -0.05) is 46.7 Å². The second kappa shape index (κ2) is 17.7. The number of Topliss-reactive ketones (excluding diaryl/α,β-unsaturated/α-hetero) is 1. The summed E-state index contributed by atoms with van der Waals surface area (Å²) in [6.07, 6.45) is -9.12. The van der Waals surface area contributed by atoms with Crippen LogP contribution in [0.25, 0.3) is 10.4 Å². The molecule has 0 aromatic rings. The normalized spacial score (nSPS) is 46.8. The third-order valence-electron chi connectivity index (χ3n) is 11.7. The molecule has 3 fully saturated rings. The number of rotatable bonds is 8. The Bertz CT molecular complexity index is 1260. The van der Waals surface area contributed by atoms with Crippen LogP contribution in [0.1, 0.15) is 108 Å². The third-order valence-corrected chi connectivity index (χ3v) is 11.7. The first kappa shape index (κ1) is 44.5.